The van der Waals surface area contributed by atoms with Gasteiger partial charge in [0.25, 0.3) is 23.6 Å². The highest BCUT2D eigenvalue weighted by atomic mass is 16.3. The normalized spacial score (nSPS) is 19.4. The number of carbonyl (C=O) groups excluding carboxylic acids is 4. The molecule has 2 aromatic rings. The zero-order chi connectivity index (χ0) is 22.2. The van der Waals surface area contributed by atoms with E-state index in [2.05, 4.69) is 0 Å². The molecule has 2 fully saturated rings. The second-order valence-corrected chi connectivity index (χ2v) is 8.59. The number of rotatable bonds is 3. The number of fused-ring (bicyclic) bond motifs is 1. The summed E-state index contributed by atoms with van der Waals surface area (Å²) in [6.07, 6.45) is 6.34. The van der Waals surface area contributed by atoms with Gasteiger partial charge in [-0.25, -0.2) is 0 Å². The summed E-state index contributed by atoms with van der Waals surface area (Å²) in [5.74, 6) is -0.642. The predicted octanol–water partition coefficient (Wildman–Crippen LogP) is 2.81. The minimum absolute atomic E-state index is 0.0462. The van der Waals surface area contributed by atoms with Crippen molar-refractivity contribution >= 4 is 23.6 Å². The van der Waals surface area contributed by atoms with Crippen LogP contribution in [-0.4, -0.2) is 70.5 Å². The van der Waals surface area contributed by atoms with Gasteiger partial charge in [-0.2, -0.15) is 0 Å². The van der Waals surface area contributed by atoms with Gasteiger partial charge in [0.2, 0.25) is 0 Å². The second-order valence-electron chi connectivity index (χ2n) is 8.59. The molecule has 0 unspecified atom stereocenters. The lowest BCUT2D eigenvalue weighted by molar-refractivity contribution is 0.0518. The van der Waals surface area contributed by atoms with Crippen LogP contribution in [0.4, 0.5) is 0 Å². The van der Waals surface area contributed by atoms with Gasteiger partial charge >= 0.3 is 0 Å². The average Bonchev–Trinajstić information content (AvgIpc) is 3.46. The van der Waals surface area contributed by atoms with Crippen LogP contribution in [0.15, 0.2) is 41.0 Å². The van der Waals surface area contributed by atoms with E-state index in [-0.39, 0.29) is 35.4 Å². The number of amides is 4. The van der Waals surface area contributed by atoms with E-state index < -0.39 is 0 Å². The highest BCUT2D eigenvalue weighted by Gasteiger charge is 2.40. The Hall–Kier alpha value is -3.42. The number of hydrogen-bond acceptors (Lipinski definition) is 5. The van der Waals surface area contributed by atoms with Crippen LogP contribution in [0, 0.1) is 0 Å². The summed E-state index contributed by atoms with van der Waals surface area (Å²) in [6, 6.07) is 8.03. The van der Waals surface area contributed by atoms with Crippen molar-refractivity contribution in [3.8, 4) is 0 Å². The van der Waals surface area contributed by atoms with Crippen molar-refractivity contribution < 1.29 is 23.6 Å². The Bertz CT molecular complexity index is 1060. The highest BCUT2D eigenvalue weighted by Crippen LogP contribution is 2.31. The minimum atomic E-state index is -0.291. The predicted molar refractivity (Wildman–Crippen MR) is 114 cm³/mol. The van der Waals surface area contributed by atoms with Crippen LogP contribution in [0.1, 0.15) is 73.7 Å². The van der Waals surface area contributed by atoms with Crippen molar-refractivity contribution in [3.63, 3.8) is 0 Å². The Balaban J connectivity index is 1.27. The summed E-state index contributed by atoms with van der Waals surface area (Å²) in [6.45, 7) is 1.60. The molecular weight excluding hydrogens is 410 g/mol. The van der Waals surface area contributed by atoms with E-state index in [1.54, 1.807) is 40.1 Å². The van der Waals surface area contributed by atoms with E-state index in [9.17, 15) is 19.2 Å². The van der Waals surface area contributed by atoms with Gasteiger partial charge in [-0.1, -0.05) is 19.3 Å². The third-order valence-corrected chi connectivity index (χ3v) is 6.69. The standard InChI is InChI=1S/C24H25N3O5/c28-21(25-10-12-26(13-11-25)24(31)20-7-4-14-32-20)16-8-9-18-19(15-16)23(30)27(22(18)29)17-5-2-1-3-6-17/h4,7-9,14-15,17H,1-3,5-6,10-13H2. The third kappa shape index (κ3) is 3.49. The molecule has 2 aliphatic heterocycles. The molecule has 0 bridgehead atoms. The minimum Gasteiger partial charge on any atom is -0.459 e. The Morgan fingerprint density at radius 1 is 0.812 bits per heavy atom. The Kier molecular flexibility index (Phi) is 5.28. The van der Waals surface area contributed by atoms with Crippen molar-refractivity contribution in [2.75, 3.05) is 26.2 Å². The van der Waals surface area contributed by atoms with Crippen LogP contribution in [0.25, 0.3) is 0 Å². The van der Waals surface area contributed by atoms with Crippen LogP contribution in [0.3, 0.4) is 0 Å². The number of imide groups is 1. The molecule has 4 amide bonds. The molecule has 1 saturated carbocycles. The van der Waals surface area contributed by atoms with E-state index in [1.165, 1.54) is 11.2 Å². The maximum absolute atomic E-state index is 13.1. The van der Waals surface area contributed by atoms with Crippen molar-refractivity contribution in [2.45, 2.75) is 38.1 Å². The number of hydrogen-bond donors (Lipinski definition) is 0. The fourth-order valence-corrected chi connectivity index (χ4v) is 4.91. The molecule has 1 aromatic carbocycles. The van der Waals surface area contributed by atoms with Crippen LogP contribution in [0.2, 0.25) is 0 Å². The monoisotopic (exact) mass is 435 g/mol. The summed E-state index contributed by atoms with van der Waals surface area (Å²) < 4.78 is 5.17. The quantitative estimate of drug-likeness (QED) is 0.692. The number of nitrogens with zero attached hydrogens (tertiary/aromatic N) is 3. The van der Waals surface area contributed by atoms with E-state index in [0.717, 1.165) is 32.1 Å². The molecule has 1 aliphatic carbocycles. The number of benzene rings is 1. The van der Waals surface area contributed by atoms with E-state index in [1.807, 2.05) is 0 Å². The summed E-state index contributed by atoms with van der Waals surface area (Å²) in [5.41, 5.74) is 1.09. The number of furan rings is 1. The lowest BCUT2D eigenvalue weighted by atomic mass is 9.94. The van der Waals surface area contributed by atoms with Crippen LogP contribution >= 0.6 is 0 Å². The maximum Gasteiger partial charge on any atom is 0.289 e. The van der Waals surface area contributed by atoms with Gasteiger partial charge < -0.3 is 14.2 Å². The summed E-state index contributed by atoms with van der Waals surface area (Å²) in [5, 5.41) is 0. The molecule has 1 aromatic heterocycles. The molecule has 0 radical (unpaired) electrons. The van der Waals surface area contributed by atoms with Gasteiger partial charge in [-0.05, 0) is 43.2 Å². The van der Waals surface area contributed by atoms with Crippen LogP contribution in [-0.2, 0) is 0 Å². The molecule has 5 rings (SSSR count). The Morgan fingerprint density at radius 3 is 2.12 bits per heavy atom. The SMILES string of the molecule is O=C(c1ccc2c(c1)C(=O)N(C1CCCCC1)C2=O)N1CCN(C(=O)c2ccco2)CC1. The van der Waals surface area contributed by atoms with Gasteiger partial charge in [-0.15, -0.1) is 0 Å². The van der Waals surface area contributed by atoms with E-state index >= 15 is 0 Å². The van der Waals surface area contributed by atoms with Crippen LogP contribution in [0.5, 0.6) is 0 Å². The Morgan fingerprint density at radius 2 is 1.47 bits per heavy atom. The molecule has 166 valence electrons. The Labute approximate surface area is 185 Å². The molecular formula is C24H25N3O5. The van der Waals surface area contributed by atoms with Gasteiger partial charge in [0.15, 0.2) is 5.76 Å². The topological polar surface area (TPSA) is 91.1 Å². The van der Waals surface area contributed by atoms with Gasteiger partial charge in [0, 0.05) is 37.8 Å². The summed E-state index contributed by atoms with van der Waals surface area (Å²) in [7, 11) is 0. The largest absolute Gasteiger partial charge is 0.459 e. The second kappa shape index (κ2) is 8.26. The zero-order valence-electron chi connectivity index (χ0n) is 17.8. The molecule has 1 saturated heterocycles. The smallest absolute Gasteiger partial charge is 0.289 e. The van der Waals surface area contributed by atoms with Gasteiger partial charge in [0.05, 0.1) is 17.4 Å². The first-order valence-corrected chi connectivity index (χ1v) is 11.2. The van der Waals surface area contributed by atoms with E-state index in [4.69, 9.17) is 4.42 Å². The average molecular weight is 435 g/mol. The molecule has 3 heterocycles. The maximum atomic E-state index is 13.1. The van der Waals surface area contributed by atoms with Crippen molar-refractivity contribution in [2.24, 2.45) is 0 Å². The summed E-state index contributed by atoms with van der Waals surface area (Å²) >= 11 is 0. The lowest BCUT2D eigenvalue weighted by Crippen LogP contribution is -2.50. The lowest BCUT2D eigenvalue weighted by Gasteiger charge is -2.34. The molecule has 8 heteroatoms. The van der Waals surface area contributed by atoms with Crippen molar-refractivity contribution in [3.05, 3.63) is 59.0 Å². The van der Waals surface area contributed by atoms with Crippen LogP contribution < -0.4 is 0 Å². The number of carbonyl (C=O) groups is 4. The third-order valence-electron chi connectivity index (χ3n) is 6.69. The fourth-order valence-electron chi connectivity index (χ4n) is 4.91. The molecule has 32 heavy (non-hydrogen) atoms. The van der Waals surface area contributed by atoms with Gasteiger partial charge in [0.1, 0.15) is 0 Å². The molecule has 0 atom stereocenters. The molecule has 8 nitrogen and oxygen atoms in total. The first kappa shape index (κ1) is 20.5. The number of piperazine rings is 1. The molecule has 0 spiro atoms. The fraction of sp³-hybridized carbons (Fsp3) is 0.417. The van der Waals surface area contributed by atoms with E-state index in [0.29, 0.717) is 42.9 Å². The first-order chi connectivity index (χ1) is 15.5. The van der Waals surface area contributed by atoms with Gasteiger partial charge in [-0.3, -0.25) is 24.1 Å². The summed E-state index contributed by atoms with van der Waals surface area (Å²) in [4.78, 5) is 56.1. The molecule has 0 N–H and O–H groups in total. The van der Waals surface area contributed by atoms with Crippen molar-refractivity contribution in [1.82, 2.24) is 14.7 Å². The zero-order valence-corrected chi connectivity index (χ0v) is 17.8. The highest BCUT2D eigenvalue weighted by molar-refractivity contribution is 6.22. The first-order valence-electron chi connectivity index (χ1n) is 11.2. The van der Waals surface area contributed by atoms with Crippen molar-refractivity contribution in [1.29, 1.82) is 0 Å². The molecule has 3 aliphatic rings.